The Kier molecular flexibility index (Phi) is 4.03. The van der Waals surface area contributed by atoms with E-state index in [1.54, 1.807) is 17.7 Å². The van der Waals surface area contributed by atoms with Crippen molar-refractivity contribution in [1.29, 1.82) is 0 Å². The number of nitrogens with zero attached hydrogens (tertiary/aromatic N) is 2. The van der Waals surface area contributed by atoms with Crippen molar-refractivity contribution in [2.45, 2.75) is 6.92 Å². The second-order valence-electron chi connectivity index (χ2n) is 5.69. The largest absolute Gasteiger partial charge is 0.399 e. The summed E-state index contributed by atoms with van der Waals surface area (Å²) in [5, 5.41) is 5.12. The SMILES string of the molecule is Cc1sc2ncnc(Nc3ccc(N)cc3)c2c1-c1ccc(Cl)cc1. The highest BCUT2D eigenvalue weighted by Gasteiger charge is 2.16. The summed E-state index contributed by atoms with van der Waals surface area (Å²) in [6.07, 6.45) is 1.59. The lowest BCUT2D eigenvalue weighted by Gasteiger charge is -2.09. The summed E-state index contributed by atoms with van der Waals surface area (Å²) < 4.78 is 0. The molecule has 0 atom stereocenters. The molecule has 25 heavy (non-hydrogen) atoms. The van der Waals surface area contributed by atoms with Gasteiger partial charge in [-0.15, -0.1) is 11.3 Å². The van der Waals surface area contributed by atoms with Crippen LogP contribution in [-0.4, -0.2) is 9.97 Å². The second kappa shape index (κ2) is 6.35. The second-order valence-corrected chi connectivity index (χ2v) is 7.33. The van der Waals surface area contributed by atoms with Crippen LogP contribution in [-0.2, 0) is 0 Å². The minimum Gasteiger partial charge on any atom is -0.399 e. The maximum absolute atomic E-state index is 6.04. The van der Waals surface area contributed by atoms with Crippen molar-refractivity contribution in [3.63, 3.8) is 0 Å². The lowest BCUT2D eigenvalue weighted by atomic mass is 10.0. The van der Waals surface area contributed by atoms with E-state index < -0.39 is 0 Å². The monoisotopic (exact) mass is 366 g/mol. The molecular weight excluding hydrogens is 352 g/mol. The first-order valence-electron chi connectivity index (χ1n) is 7.74. The third kappa shape index (κ3) is 3.04. The van der Waals surface area contributed by atoms with Crippen LogP contribution >= 0.6 is 22.9 Å². The highest BCUT2D eigenvalue weighted by molar-refractivity contribution is 7.19. The minimum atomic E-state index is 0.720. The molecule has 2 aromatic heterocycles. The summed E-state index contributed by atoms with van der Waals surface area (Å²) in [6, 6.07) is 15.4. The van der Waals surface area contributed by atoms with Crippen molar-refractivity contribution in [3.8, 4) is 11.1 Å². The number of hydrogen-bond donors (Lipinski definition) is 2. The van der Waals surface area contributed by atoms with Crippen molar-refractivity contribution in [2.24, 2.45) is 0 Å². The molecule has 0 aliphatic rings. The molecule has 0 aliphatic heterocycles. The Hall–Kier alpha value is -2.63. The van der Waals surface area contributed by atoms with Crippen molar-refractivity contribution < 1.29 is 0 Å². The number of anilines is 3. The fourth-order valence-corrected chi connectivity index (χ4v) is 3.94. The van der Waals surface area contributed by atoms with Crippen molar-refractivity contribution >= 4 is 50.3 Å². The molecule has 2 aromatic carbocycles. The van der Waals surface area contributed by atoms with Crippen LogP contribution in [0, 0.1) is 6.92 Å². The zero-order valence-electron chi connectivity index (χ0n) is 13.5. The summed E-state index contributed by atoms with van der Waals surface area (Å²) in [6.45, 7) is 2.10. The first-order chi connectivity index (χ1) is 12.1. The van der Waals surface area contributed by atoms with Gasteiger partial charge in [-0.2, -0.15) is 0 Å². The number of aryl methyl sites for hydroxylation is 1. The topological polar surface area (TPSA) is 63.8 Å². The van der Waals surface area contributed by atoms with Gasteiger partial charge in [0.15, 0.2) is 0 Å². The number of hydrogen-bond acceptors (Lipinski definition) is 5. The van der Waals surface area contributed by atoms with E-state index >= 15 is 0 Å². The molecule has 0 saturated carbocycles. The number of benzene rings is 2. The van der Waals surface area contributed by atoms with Gasteiger partial charge in [0.25, 0.3) is 0 Å². The van der Waals surface area contributed by atoms with E-state index in [0.717, 1.165) is 43.6 Å². The molecule has 0 bridgehead atoms. The standard InChI is InChI=1S/C19H15ClN4S/c1-11-16(12-2-4-13(20)5-3-12)17-18(22-10-23-19(17)25-11)24-15-8-6-14(21)7-9-15/h2-10H,21H2,1H3,(H,22,23,24). The predicted octanol–water partition coefficient (Wildman–Crippen LogP) is 5.65. The molecule has 2 heterocycles. The molecule has 0 spiro atoms. The number of rotatable bonds is 3. The van der Waals surface area contributed by atoms with Crippen molar-refractivity contribution in [3.05, 3.63) is 64.8 Å². The van der Waals surface area contributed by atoms with Crippen LogP contribution in [0.2, 0.25) is 5.02 Å². The van der Waals surface area contributed by atoms with Crippen LogP contribution in [0.3, 0.4) is 0 Å². The van der Waals surface area contributed by atoms with E-state index in [2.05, 4.69) is 22.2 Å². The molecule has 0 aliphatic carbocycles. The summed E-state index contributed by atoms with van der Waals surface area (Å²) in [5.74, 6) is 0.782. The molecule has 4 nitrogen and oxygen atoms in total. The number of fused-ring (bicyclic) bond motifs is 1. The van der Waals surface area contributed by atoms with E-state index in [4.69, 9.17) is 17.3 Å². The molecule has 4 rings (SSSR count). The highest BCUT2D eigenvalue weighted by atomic mass is 35.5. The van der Waals surface area contributed by atoms with Gasteiger partial charge in [-0.1, -0.05) is 23.7 Å². The van der Waals surface area contributed by atoms with Gasteiger partial charge in [0.2, 0.25) is 0 Å². The molecule has 0 saturated heterocycles. The van der Waals surface area contributed by atoms with E-state index in [-0.39, 0.29) is 0 Å². The molecule has 0 amide bonds. The fraction of sp³-hybridized carbons (Fsp3) is 0.0526. The third-order valence-corrected chi connectivity index (χ3v) is 5.24. The zero-order valence-corrected chi connectivity index (χ0v) is 15.0. The van der Waals surface area contributed by atoms with Gasteiger partial charge in [0, 0.05) is 26.8 Å². The van der Waals surface area contributed by atoms with Gasteiger partial charge in [0.05, 0.1) is 5.39 Å². The van der Waals surface area contributed by atoms with E-state index in [9.17, 15) is 0 Å². The molecule has 0 radical (unpaired) electrons. The number of nitrogens with one attached hydrogen (secondary N) is 1. The van der Waals surface area contributed by atoms with E-state index in [0.29, 0.717) is 0 Å². The maximum Gasteiger partial charge on any atom is 0.143 e. The zero-order chi connectivity index (χ0) is 17.4. The quantitative estimate of drug-likeness (QED) is 0.460. The van der Waals surface area contributed by atoms with Crippen LogP contribution < -0.4 is 11.1 Å². The van der Waals surface area contributed by atoms with Gasteiger partial charge in [-0.05, 0) is 48.9 Å². The summed E-state index contributed by atoms with van der Waals surface area (Å²) in [7, 11) is 0. The average molecular weight is 367 g/mol. The van der Waals surface area contributed by atoms with Gasteiger partial charge in [0.1, 0.15) is 17.0 Å². The molecule has 4 aromatic rings. The summed E-state index contributed by atoms with van der Waals surface area (Å²) in [5.41, 5.74) is 9.66. The first kappa shape index (κ1) is 15.9. The lowest BCUT2D eigenvalue weighted by Crippen LogP contribution is -1.96. The summed E-state index contributed by atoms with van der Waals surface area (Å²) in [4.78, 5) is 11.1. The minimum absolute atomic E-state index is 0.720. The van der Waals surface area contributed by atoms with Crippen LogP contribution in [0.25, 0.3) is 21.3 Å². The number of nitrogens with two attached hydrogens (primary N) is 1. The number of aromatic nitrogens is 2. The van der Waals surface area contributed by atoms with Gasteiger partial charge >= 0.3 is 0 Å². The van der Waals surface area contributed by atoms with Crippen LogP contribution in [0.1, 0.15) is 4.88 Å². The van der Waals surface area contributed by atoms with Crippen LogP contribution in [0.4, 0.5) is 17.2 Å². The Labute approximate surface area is 154 Å². The fourth-order valence-electron chi connectivity index (χ4n) is 2.81. The maximum atomic E-state index is 6.04. The highest BCUT2D eigenvalue weighted by Crippen LogP contribution is 2.41. The lowest BCUT2D eigenvalue weighted by molar-refractivity contribution is 1.23. The average Bonchev–Trinajstić information content (AvgIpc) is 2.95. The third-order valence-electron chi connectivity index (χ3n) is 3.97. The molecule has 0 fully saturated rings. The predicted molar refractivity (Wildman–Crippen MR) is 107 cm³/mol. The Balaban J connectivity index is 1.87. The molecule has 6 heteroatoms. The van der Waals surface area contributed by atoms with E-state index in [1.807, 2.05) is 48.5 Å². The van der Waals surface area contributed by atoms with Gasteiger partial charge in [-0.3, -0.25) is 0 Å². The van der Waals surface area contributed by atoms with Crippen molar-refractivity contribution in [1.82, 2.24) is 9.97 Å². The Morgan fingerprint density at radius 2 is 1.72 bits per heavy atom. The number of nitrogen functional groups attached to an aromatic ring is 1. The van der Waals surface area contributed by atoms with Crippen molar-refractivity contribution in [2.75, 3.05) is 11.1 Å². The Bertz CT molecular complexity index is 1040. The van der Waals surface area contributed by atoms with Gasteiger partial charge in [-0.25, -0.2) is 9.97 Å². The number of halogens is 1. The van der Waals surface area contributed by atoms with E-state index in [1.165, 1.54) is 4.88 Å². The molecule has 124 valence electrons. The molecule has 3 N–H and O–H groups in total. The van der Waals surface area contributed by atoms with Crippen LogP contribution in [0.5, 0.6) is 0 Å². The first-order valence-corrected chi connectivity index (χ1v) is 8.94. The van der Waals surface area contributed by atoms with Crippen LogP contribution in [0.15, 0.2) is 54.9 Å². The number of thiophene rings is 1. The van der Waals surface area contributed by atoms with Gasteiger partial charge < -0.3 is 11.1 Å². The Morgan fingerprint density at radius 1 is 1.00 bits per heavy atom. The molecular formula is C19H15ClN4S. The molecule has 0 unspecified atom stereocenters. The normalized spacial score (nSPS) is 11.0. The smallest absolute Gasteiger partial charge is 0.143 e. The Morgan fingerprint density at radius 3 is 2.44 bits per heavy atom. The summed E-state index contributed by atoms with van der Waals surface area (Å²) >= 11 is 7.70.